The number of nitrogens with zero attached hydrogens (tertiary/aromatic N) is 2. The second-order valence-electron chi connectivity index (χ2n) is 4.61. The van der Waals surface area contributed by atoms with Gasteiger partial charge in [-0.25, -0.2) is 0 Å². The third kappa shape index (κ3) is 4.02. The number of pyridine rings is 1. The van der Waals surface area contributed by atoms with E-state index in [1.54, 1.807) is 11.3 Å². The normalized spacial score (nSPS) is 12.8. The van der Waals surface area contributed by atoms with Crippen LogP contribution >= 0.6 is 38.9 Å². The van der Waals surface area contributed by atoms with Crippen LogP contribution in [-0.2, 0) is 6.42 Å². The Morgan fingerprint density at radius 1 is 1.45 bits per heavy atom. The van der Waals surface area contributed by atoms with Crippen molar-refractivity contribution in [2.24, 2.45) is 5.73 Å². The number of aromatic nitrogens is 1. The fraction of sp³-hybridized carbons (Fsp3) is 0.357. The standard InChI is InChI=1S/C14H17BrClN3S/c1-19(7-4-10-2-5-18-6-3-10)12(9-17)13-8-11(15)14(16)20-13/h2-3,5-6,8,12H,4,7,9,17H2,1H3. The van der Waals surface area contributed by atoms with Crippen LogP contribution in [0.5, 0.6) is 0 Å². The van der Waals surface area contributed by atoms with Gasteiger partial charge in [0, 0.05) is 34.8 Å². The van der Waals surface area contributed by atoms with Crippen LogP contribution in [0.3, 0.4) is 0 Å². The quantitative estimate of drug-likeness (QED) is 0.837. The molecule has 0 amide bonds. The van der Waals surface area contributed by atoms with E-state index in [0.29, 0.717) is 6.54 Å². The fourth-order valence-corrected chi connectivity index (χ4v) is 3.97. The third-order valence-corrected chi connectivity index (χ3v) is 5.83. The Morgan fingerprint density at radius 2 is 2.15 bits per heavy atom. The number of rotatable bonds is 6. The first-order valence-electron chi connectivity index (χ1n) is 6.35. The first-order chi connectivity index (χ1) is 9.61. The first kappa shape index (κ1) is 15.9. The summed E-state index contributed by atoms with van der Waals surface area (Å²) in [5, 5.41) is 0. The van der Waals surface area contributed by atoms with Crippen LogP contribution in [0, 0.1) is 0 Å². The minimum absolute atomic E-state index is 0.200. The van der Waals surface area contributed by atoms with Gasteiger partial charge in [0.25, 0.3) is 0 Å². The van der Waals surface area contributed by atoms with Crippen molar-refractivity contribution in [3.05, 3.63) is 49.8 Å². The molecule has 1 atom stereocenters. The monoisotopic (exact) mass is 373 g/mol. The topological polar surface area (TPSA) is 42.2 Å². The molecule has 108 valence electrons. The molecule has 0 bridgehead atoms. The molecular weight excluding hydrogens is 358 g/mol. The molecule has 0 saturated carbocycles. The highest BCUT2D eigenvalue weighted by Crippen LogP contribution is 2.36. The molecule has 6 heteroatoms. The van der Waals surface area contributed by atoms with E-state index >= 15 is 0 Å². The molecule has 2 N–H and O–H groups in total. The number of nitrogens with two attached hydrogens (primary N) is 1. The van der Waals surface area contributed by atoms with Crippen LogP contribution in [0.2, 0.25) is 4.34 Å². The predicted molar refractivity (Wildman–Crippen MR) is 89.4 cm³/mol. The van der Waals surface area contributed by atoms with Crippen molar-refractivity contribution in [1.82, 2.24) is 9.88 Å². The van der Waals surface area contributed by atoms with Crippen LogP contribution in [-0.4, -0.2) is 30.0 Å². The highest BCUT2D eigenvalue weighted by atomic mass is 79.9. The molecule has 3 nitrogen and oxygen atoms in total. The van der Waals surface area contributed by atoms with Crippen molar-refractivity contribution < 1.29 is 0 Å². The predicted octanol–water partition coefficient (Wildman–Crippen LogP) is 3.73. The number of thiophene rings is 1. The maximum absolute atomic E-state index is 6.11. The lowest BCUT2D eigenvalue weighted by Crippen LogP contribution is -2.31. The van der Waals surface area contributed by atoms with Gasteiger partial charge < -0.3 is 5.73 Å². The van der Waals surface area contributed by atoms with E-state index in [-0.39, 0.29) is 6.04 Å². The summed E-state index contributed by atoms with van der Waals surface area (Å²) in [6.45, 7) is 1.52. The van der Waals surface area contributed by atoms with Gasteiger partial charge >= 0.3 is 0 Å². The van der Waals surface area contributed by atoms with E-state index in [2.05, 4.69) is 38.9 Å². The molecule has 2 aromatic rings. The Kier molecular flexibility index (Phi) is 5.99. The minimum atomic E-state index is 0.200. The Labute approximate surface area is 136 Å². The van der Waals surface area contributed by atoms with Gasteiger partial charge in [-0.2, -0.15) is 0 Å². The van der Waals surface area contributed by atoms with Gasteiger partial charge in [0.15, 0.2) is 0 Å². The Morgan fingerprint density at radius 3 is 2.70 bits per heavy atom. The molecule has 20 heavy (non-hydrogen) atoms. The molecule has 0 spiro atoms. The number of halogens is 2. The number of hydrogen-bond donors (Lipinski definition) is 1. The van der Waals surface area contributed by atoms with E-state index in [4.69, 9.17) is 17.3 Å². The Balaban J connectivity index is 2.00. The van der Waals surface area contributed by atoms with Crippen molar-refractivity contribution in [1.29, 1.82) is 0 Å². The van der Waals surface area contributed by atoms with Crippen LogP contribution in [0.1, 0.15) is 16.5 Å². The summed E-state index contributed by atoms with van der Waals surface area (Å²) in [6.07, 6.45) is 4.63. The van der Waals surface area contributed by atoms with E-state index in [0.717, 1.165) is 21.8 Å². The SMILES string of the molecule is CN(CCc1ccncc1)C(CN)c1cc(Br)c(Cl)s1. The summed E-state index contributed by atoms with van der Waals surface area (Å²) in [5.74, 6) is 0. The molecule has 0 aliphatic carbocycles. The summed E-state index contributed by atoms with van der Waals surface area (Å²) >= 11 is 11.1. The third-order valence-electron chi connectivity index (χ3n) is 3.25. The van der Waals surface area contributed by atoms with Crippen molar-refractivity contribution in [3.8, 4) is 0 Å². The molecule has 0 radical (unpaired) electrons. The lowest BCUT2D eigenvalue weighted by atomic mass is 10.1. The van der Waals surface area contributed by atoms with Gasteiger partial charge in [-0.05, 0) is 53.2 Å². The number of hydrogen-bond acceptors (Lipinski definition) is 4. The van der Waals surface area contributed by atoms with Crippen molar-refractivity contribution in [2.45, 2.75) is 12.5 Å². The molecule has 0 saturated heterocycles. The van der Waals surface area contributed by atoms with Crippen LogP contribution in [0.15, 0.2) is 35.1 Å². The van der Waals surface area contributed by atoms with Crippen LogP contribution < -0.4 is 5.73 Å². The molecule has 0 aliphatic rings. The van der Waals surface area contributed by atoms with Gasteiger partial charge in [-0.1, -0.05) is 11.6 Å². The maximum atomic E-state index is 6.11. The van der Waals surface area contributed by atoms with E-state index < -0.39 is 0 Å². The van der Waals surface area contributed by atoms with Gasteiger partial charge in [0.2, 0.25) is 0 Å². The van der Waals surface area contributed by atoms with E-state index in [1.165, 1.54) is 10.4 Å². The van der Waals surface area contributed by atoms with Crippen molar-refractivity contribution in [2.75, 3.05) is 20.1 Å². The summed E-state index contributed by atoms with van der Waals surface area (Å²) in [5.41, 5.74) is 7.22. The summed E-state index contributed by atoms with van der Waals surface area (Å²) in [7, 11) is 2.10. The molecule has 0 fully saturated rings. The highest BCUT2D eigenvalue weighted by Gasteiger charge is 2.18. The Bertz CT molecular complexity index is 527. The molecule has 0 aromatic carbocycles. The van der Waals surface area contributed by atoms with E-state index in [1.807, 2.05) is 24.5 Å². The van der Waals surface area contributed by atoms with E-state index in [9.17, 15) is 0 Å². The largest absolute Gasteiger partial charge is 0.329 e. The second kappa shape index (κ2) is 7.52. The maximum Gasteiger partial charge on any atom is 0.107 e. The van der Waals surface area contributed by atoms with Gasteiger partial charge in [-0.15, -0.1) is 11.3 Å². The molecule has 2 aromatic heterocycles. The summed E-state index contributed by atoms with van der Waals surface area (Å²) in [6, 6.07) is 6.35. The van der Waals surface area contributed by atoms with Gasteiger partial charge in [0.1, 0.15) is 4.34 Å². The molecular formula is C14H17BrClN3S. The summed E-state index contributed by atoms with van der Waals surface area (Å²) < 4.78 is 1.72. The number of likely N-dealkylation sites (N-methyl/N-ethyl adjacent to an activating group) is 1. The molecule has 2 rings (SSSR count). The first-order valence-corrected chi connectivity index (χ1v) is 8.34. The lowest BCUT2D eigenvalue weighted by Gasteiger charge is -2.26. The zero-order valence-electron chi connectivity index (χ0n) is 11.2. The van der Waals surface area contributed by atoms with Gasteiger partial charge in [-0.3, -0.25) is 9.88 Å². The lowest BCUT2D eigenvalue weighted by molar-refractivity contribution is 0.256. The minimum Gasteiger partial charge on any atom is -0.329 e. The van der Waals surface area contributed by atoms with Crippen molar-refractivity contribution >= 4 is 38.9 Å². The Hall–Kier alpha value is -0.460. The average Bonchev–Trinajstić information content (AvgIpc) is 2.78. The van der Waals surface area contributed by atoms with Crippen LogP contribution in [0.4, 0.5) is 0 Å². The van der Waals surface area contributed by atoms with Gasteiger partial charge in [0.05, 0.1) is 6.04 Å². The fourth-order valence-electron chi connectivity index (χ4n) is 2.05. The smallest absolute Gasteiger partial charge is 0.107 e. The summed E-state index contributed by atoms with van der Waals surface area (Å²) in [4.78, 5) is 7.50. The molecule has 2 heterocycles. The molecule has 0 aliphatic heterocycles. The van der Waals surface area contributed by atoms with Crippen LogP contribution in [0.25, 0.3) is 0 Å². The zero-order valence-corrected chi connectivity index (χ0v) is 14.4. The van der Waals surface area contributed by atoms with Crippen molar-refractivity contribution in [3.63, 3.8) is 0 Å². The average molecular weight is 375 g/mol. The highest BCUT2D eigenvalue weighted by molar-refractivity contribution is 9.10. The second-order valence-corrected chi connectivity index (χ2v) is 7.15. The zero-order chi connectivity index (χ0) is 14.5. The molecule has 1 unspecified atom stereocenters.